The number of hydrogen-bond donors (Lipinski definition) is 0. The molecule has 0 radical (unpaired) electrons. The number of hydrogen-bond acceptors (Lipinski definition) is 2. The Bertz CT molecular complexity index is 574. The quantitative estimate of drug-likeness (QED) is 0.501. The van der Waals surface area contributed by atoms with Gasteiger partial charge in [0.2, 0.25) is 11.8 Å². The summed E-state index contributed by atoms with van der Waals surface area (Å²) in [6, 6.07) is 0. The summed E-state index contributed by atoms with van der Waals surface area (Å²) >= 11 is 38.2. The van der Waals surface area contributed by atoms with Crippen LogP contribution in [0.2, 0.25) is 0 Å². The third-order valence-corrected chi connectivity index (χ3v) is 8.99. The lowest BCUT2D eigenvalue weighted by molar-refractivity contribution is -0.140. The first kappa shape index (κ1) is 17.4. The summed E-state index contributed by atoms with van der Waals surface area (Å²) in [5, 5.41) is -0.119. The van der Waals surface area contributed by atoms with Gasteiger partial charge in [0, 0.05) is 6.54 Å². The number of carbonyl (C=O) groups is 2. The molecule has 9 heteroatoms. The molecule has 2 bridgehead atoms. The van der Waals surface area contributed by atoms with Crippen molar-refractivity contribution in [3.8, 4) is 0 Å². The van der Waals surface area contributed by atoms with E-state index in [9.17, 15) is 9.59 Å². The smallest absolute Gasteiger partial charge is 0.235 e. The molecular formula is C13H11Cl6NO2. The molecule has 122 valence electrons. The van der Waals surface area contributed by atoms with E-state index in [1.165, 1.54) is 0 Å². The zero-order valence-corrected chi connectivity index (χ0v) is 15.8. The van der Waals surface area contributed by atoms with Gasteiger partial charge >= 0.3 is 0 Å². The first-order valence-corrected chi connectivity index (χ1v) is 9.02. The number of unbranched alkanes of at least 4 members (excludes halogenated alkanes) is 1. The van der Waals surface area contributed by atoms with Gasteiger partial charge in [-0.15, -0.1) is 23.2 Å². The van der Waals surface area contributed by atoms with Gasteiger partial charge in [-0.1, -0.05) is 59.7 Å². The monoisotopic (exact) mass is 423 g/mol. The molecule has 1 aliphatic heterocycles. The fourth-order valence-corrected chi connectivity index (χ4v) is 6.52. The minimum Gasteiger partial charge on any atom is -0.282 e. The lowest BCUT2D eigenvalue weighted by Gasteiger charge is -2.34. The van der Waals surface area contributed by atoms with Gasteiger partial charge in [0.1, 0.15) is 9.75 Å². The summed E-state index contributed by atoms with van der Waals surface area (Å²) in [6.45, 7) is 2.26. The second-order valence-electron chi connectivity index (χ2n) is 5.76. The molecule has 3 nitrogen and oxygen atoms in total. The highest BCUT2D eigenvalue weighted by Crippen LogP contribution is 2.77. The third-order valence-electron chi connectivity index (χ3n) is 4.74. The highest BCUT2D eigenvalue weighted by molar-refractivity contribution is 6.66. The number of likely N-dealkylation sites (tertiary alicyclic amines) is 1. The second kappa shape index (κ2) is 5.06. The second-order valence-corrected chi connectivity index (χ2v) is 9.04. The topological polar surface area (TPSA) is 37.4 Å². The molecule has 3 aliphatic rings. The van der Waals surface area contributed by atoms with Crippen molar-refractivity contribution >= 4 is 81.4 Å². The number of nitrogens with zero attached hydrogens (tertiary/aromatic N) is 1. The number of fused-ring (bicyclic) bond motifs is 5. The molecule has 0 aromatic carbocycles. The summed E-state index contributed by atoms with van der Waals surface area (Å²) in [6.07, 6.45) is 1.52. The maximum absolute atomic E-state index is 12.7. The Kier molecular flexibility index (Phi) is 4.01. The molecule has 0 aromatic rings. The minimum atomic E-state index is -1.85. The molecule has 0 unspecified atom stereocenters. The maximum Gasteiger partial charge on any atom is 0.235 e. The number of amides is 2. The van der Waals surface area contributed by atoms with Crippen LogP contribution >= 0.6 is 69.6 Å². The Balaban J connectivity index is 2.15. The largest absolute Gasteiger partial charge is 0.282 e. The van der Waals surface area contributed by atoms with Crippen molar-refractivity contribution < 1.29 is 9.59 Å². The summed E-state index contributed by atoms with van der Waals surface area (Å²) in [5.41, 5.74) is 0. The first-order chi connectivity index (χ1) is 10.1. The van der Waals surface area contributed by atoms with Crippen molar-refractivity contribution in [2.24, 2.45) is 11.8 Å². The molecular weight excluding hydrogens is 415 g/mol. The molecule has 2 aliphatic carbocycles. The van der Waals surface area contributed by atoms with Gasteiger partial charge in [-0.2, -0.15) is 0 Å². The van der Waals surface area contributed by atoms with Crippen molar-refractivity contribution in [2.45, 2.75) is 33.8 Å². The van der Waals surface area contributed by atoms with Crippen molar-refractivity contribution in [3.63, 3.8) is 0 Å². The summed E-state index contributed by atoms with van der Waals surface area (Å²) in [5.74, 6) is -2.93. The normalized spacial score (nSPS) is 42.6. The average molecular weight is 426 g/mol. The Morgan fingerprint density at radius 2 is 1.36 bits per heavy atom. The van der Waals surface area contributed by atoms with Crippen LogP contribution in [0.4, 0.5) is 0 Å². The predicted molar refractivity (Wildman–Crippen MR) is 88.9 cm³/mol. The zero-order chi connectivity index (χ0) is 16.7. The van der Waals surface area contributed by atoms with Crippen LogP contribution in [0.3, 0.4) is 0 Å². The van der Waals surface area contributed by atoms with Crippen molar-refractivity contribution in [1.82, 2.24) is 4.90 Å². The van der Waals surface area contributed by atoms with E-state index < -0.39 is 37.7 Å². The van der Waals surface area contributed by atoms with E-state index in [-0.39, 0.29) is 10.1 Å². The van der Waals surface area contributed by atoms with Crippen LogP contribution in [0.5, 0.6) is 0 Å². The van der Waals surface area contributed by atoms with Gasteiger partial charge in [-0.05, 0) is 6.42 Å². The summed E-state index contributed by atoms with van der Waals surface area (Å²) in [4.78, 5) is 23.2. The van der Waals surface area contributed by atoms with Gasteiger partial charge in [0.05, 0.1) is 21.9 Å². The van der Waals surface area contributed by atoms with Crippen LogP contribution in [0, 0.1) is 11.8 Å². The van der Waals surface area contributed by atoms with E-state index in [1.54, 1.807) is 0 Å². The molecule has 1 saturated heterocycles. The number of carbonyl (C=O) groups excluding carboxylic acids is 2. The number of halogens is 6. The molecule has 22 heavy (non-hydrogen) atoms. The lowest BCUT2D eigenvalue weighted by atomic mass is 9.84. The third kappa shape index (κ3) is 1.59. The average Bonchev–Trinajstić information content (AvgIpc) is 2.83. The molecule has 3 rings (SSSR count). The summed E-state index contributed by atoms with van der Waals surface area (Å²) < 4.78 is -1.85. The van der Waals surface area contributed by atoms with E-state index in [0.717, 1.165) is 11.3 Å². The van der Waals surface area contributed by atoms with Gasteiger partial charge in [-0.25, -0.2) is 0 Å². The van der Waals surface area contributed by atoms with Crippen molar-refractivity contribution in [3.05, 3.63) is 10.1 Å². The Morgan fingerprint density at radius 3 is 1.73 bits per heavy atom. The summed E-state index contributed by atoms with van der Waals surface area (Å²) in [7, 11) is 0. The van der Waals surface area contributed by atoms with Crippen LogP contribution in [-0.4, -0.2) is 37.3 Å². The van der Waals surface area contributed by atoms with Crippen LogP contribution < -0.4 is 0 Å². The van der Waals surface area contributed by atoms with Crippen molar-refractivity contribution in [1.29, 1.82) is 0 Å². The number of rotatable bonds is 3. The van der Waals surface area contributed by atoms with Gasteiger partial charge in [0.25, 0.3) is 0 Å². The van der Waals surface area contributed by atoms with E-state index in [2.05, 4.69) is 0 Å². The van der Waals surface area contributed by atoms with E-state index >= 15 is 0 Å². The van der Waals surface area contributed by atoms with Crippen LogP contribution in [0.25, 0.3) is 0 Å². The molecule has 2 fully saturated rings. The standard InChI is InChI=1S/C13H11Cl6NO2/c1-2-3-4-20-9(21)5-6(10(20)22)12(17)8(15)7(14)11(5,16)13(12,18)19/h5-6H,2-4H2,1H3/t5-,6+,11-,12-/m0/s1. The SMILES string of the molecule is CCCCN1C(=O)[C@@H]2[C@H](C1=O)[C@]1(Cl)C(Cl)=C(Cl)[C@]2(Cl)C1(Cl)Cl. The molecule has 0 aromatic heterocycles. The maximum atomic E-state index is 12.7. The molecule has 1 heterocycles. The fourth-order valence-electron chi connectivity index (χ4n) is 3.59. The van der Waals surface area contributed by atoms with Gasteiger partial charge < -0.3 is 0 Å². The molecule has 0 spiro atoms. The molecule has 1 saturated carbocycles. The van der Waals surface area contributed by atoms with E-state index in [4.69, 9.17) is 69.6 Å². The molecule has 0 N–H and O–H groups in total. The van der Waals surface area contributed by atoms with Gasteiger partial charge in [-0.3, -0.25) is 14.5 Å². The Labute approximate surface area is 157 Å². The molecule has 2 amide bonds. The fraction of sp³-hybridized carbons (Fsp3) is 0.692. The van der Waals surface area contributed by atoms with Crippen LogP contribution in [-0.2, 0) is 9.59 Å². The van der Waals surface area contributed by atoms with Gasteiger partial charge in [0.15, 0.2) is 4.33 Å². The number of imide groups is 1. The number of alkyl halides is 4. The van der Waals surface area contributed by atoms with Crippen molar-refractivity contribution in [2.75, 3.05) is 6.54 Å². The van der Waals surface area contributed by atoms with Crippen LogP contribution in [0.15, 0.2) is 10.1 Å². The Hall–Kier alpha value is 0.620. The minimum absolute atomic E-state index is 0.0597. The van der Waals surface area contributed by atoms with Crippen LogP contribution in [0.1, 0.15) is 19.8 Å². The van der Waals surface area contributed by atoms with E-state index in [0.29, 0.717) is 13.0 Å². The molecule has 4 atom stereocenters. The zero-order valence-electron chi connectivity index (χ0n) is 11.3. The lowest BCUT2D eigenvalue weighted by Crippen LogP contribution is -2.50. The number of allylic oxidation sites excluding steroid dienone is 2. The highest BCUT2D eigenvalue weighted by Gasteiger charge is 2.87. The highest BCUT2D eigenvalue weighted by atomic mass is 35.5. The predicted octanol–water partition coefficient (Wildman–Crippen LogP) is 4.23. The first-order valence-electron chi connectivity index (χ1n) is 6.75. The van der Waals surface area contributed by atoms with E-state index in [1.807, 2.05) is 6.92 Å². The Morgan fingerprint density at radius 1 is 0.955 bits per heavy atom.